The lowest BCUT2D eigenvalue weighted by Crippen LogP contribution is -2.59. The van der Waals surface area contributed by atoms with Gasteiger partial charge >= 0.3 is 0 Å². The van der Waals surface area contributed by atoms with Crippen molar-refractivity contribution < 1.29 is 4.79 Å². The molecular formula is C16H21N5O. The Balaban J connectivity index is 1.91. The molecule has 1 aromatic carbocycles. The molecule has 2 heterocycles. The molecule has 1 fully saturated rings. The third kappa shape index (κ3) is 2.87. The lowest BCUT2D eigenvalue weighted by atomic mass is 10.1. The highest BCUT2D eigenvalue weighted by Crippen LogP contribution is 2.21. The van der Waals surface area contributed by atoms with Crippen molar-refractivity contribution in [1.29, 1.82) is 0 Å². The fourth-order valence-corrected chi connectivity index (χ4v) is 2.70. The summed E-state index contributed by atoms with van der Waals surface area (Å²) in [6, 6.07) is 4.31. The Bertz CT molecular complexity index is 743. The quantitative estimate of drug-likeness (QED) is 0.787. The summed E-state index contributed by atoms with van der Waals surface area (Å²) in [5, 5.41) is 10.3. The molecule has 1 saturated heterocycles. The summed E-state index contributed by atoms with van der Waals surface area (Å²) in [5.41, 5.74) is 4.27. The van der Waals surface area contributed by atoms with Crippen LogP contribution in [0, 0.1) is 20.8 Å². The predicted octanol–water partition coefficient (Wildman–Crippen LogP) is 1.75. The van der Waals surface area contributed by atoms with Gasteiger partial charge in [0, 0.05) is 17.8 Å². The molecule has 1 aromatic heterocycles. The van der Waals surface area contributed by atoms with Crippen molar-refractivity contribution >= 4 is 22.8 Å². The van der Waals surface area contributed by atoms with Gasteiger partial charge in [0.2, 0.25) is 11.9 Å². The van der Waals surface area contributed by atoms with Crippen LogP contribution < -0.4 is 16.0 Å². The maximum atomic E-state index is 11.6. The number of nitrogens with one attached hydrogen (secondary N) is 3. The van der Waals surface area contributed by atoms with Crippen molar-refractivity contribution in [3.05, 3.63) is 29.0 Å². The van der Waals surface area contributed by atoms with Crippen molar-refractivity contribution in [1.82, 2.24) is 20.6 Å². The standard InChI is InChI=1S/C16H21N5O/c1-8-5-12-11(4)18-16(19-13(12)6-9(8)2)21-15-17-10(3)7-14(22)20-15/h5-6,10,15,17H,7H2,1-4H3,(H,20,22)(H,18,19,21). The second-order valence-electron chi connectivity index (χ2n) is 6.00. The summed E-state index contributed by atoms with van der Waals surface area (Å²) in [6.07, 6.45) is 0.133. The molecule has 3 rings (SSSR count). The van der Waals surface area contributed by atoms with Gasteiger partial charge in [-0.05, 0) is 51.0 Å². The first kappa shape index (κ1) is 14.7. The van der Waals surface area contributed by atoms with Crippen molar-refractivity contribution in [3.8, 4) is 0 Å². The number of hydrogen-bond acceptors (Lipinski definition) is 5. The van der Waals surface area contributed by atoms with Gasteiger partial charge in [-0.25, -0.2) is 9.97 Å². The average Bonchev–Trinajstić information content (AvgIpc) is 2.40. The number of nitrogens with zero attached hydrogens (tertiary/aromatic N) is 2. The summed E-state index contributed by atoms with van der Waals surface area (Å²) in [7, 11) is 0. The molecule has 6 nitrogen and oxygen atoms in total. The zero-order valence-electron chi connectivity index (χ0n) is 13.3. The van der Waals surface area contributed by atoms with E-state index in [2.05, 4.69) is 51.9 Å². The molecule has 0 saturated carbocycles. The lowest BCUT2D eigenvalue weighted by molar-refractivity contribution is -0.123. The van der Waals surface area contributed by atoms with E-state index in [0.717, 1.165) is 16.6 Å². The summed E-state index contributed by atoms with van der Waals surface area (Å²) >= 11 is 0. The van der Waals surface area contributed by atoms with E-state index in [1.165, 1.54) is 11.1 Å². The van der Waals surface area contributed by atoms with Crippen LogP contribution in [-0.2, 0) is 4.79 Å². The molecule has 6 heteroatoms. The largest absolute Gasteiger partial charge is 0.323 e. The number of rotatable bonds is 2. The van der Waals surface area contributed by atoms with E-state index in [-0.39, 0.29) is 18.2 Å². The number of aromatic nitrogens is 2. The van der Waals surface area contributed by atoms with Gasteiger partial charge in [-0.15, -0.1) is 0 Å². The van der Waals surface area contributed by atoms with E-state index in [4.69, 9.17) is 0 Å². The molecule has 116 valence electrons. The van der Waals surface area contributed by atoms with Crippen LogP contribution in [0.15, 0.2) is 12.1 Å². The molecule has 3 N–H and O–H groups in total. The summed E-state index contributed by atoms with van der Waals surface area (Å²) in [6.45, 7) is 8.11. The Kier molecular flexibility index (Phi) is 3.70. The number of carbonyl (C=O) groups is 1. The second-order valence-corrected chi connectivity index (χ2v) is 6.00. The molecule has 1 amide bonds. The molecule has 2 unspecified atom stereocenters. The minimum absolute atomic E-state index is 0.0210. The fraction of sp³-hybridized carbons (Fsp3) is 0.438. The van der Waals surface area contributed by atoms with Crippen molar-refractivity contribution in [3.63, 3.8) is 0 Å². The molecule has 0 aliphatic carbocycles. The maximum absolute atomic E-state index is 11.6. The number of hydrogen-bond donors (Lipinski definition) is 3. The molecule has 1 aliphatic heterocycles. The van der Waals surface area contributed by atoms with E-state index >= 15 is 0 Å². The molecule has 0 bridgehead atoms. The minimum atomic E-state index is -0.348. The van der Waals surface area contributed by atoms with E-state index in [9.17, 15) is 4.79 Å². The Labute approximate surface area is 129 Å². The Morgan fingerprint density at radius 3 is 2.64 bits per heavy atom. The van der Waals surface area contributed by atoms with Gasteiger partial charge in [0.25, 0.3) is 0 Å². The van der Waals surface area contributed by atoms with Crippen LogP contribution in [-0.4, -0.2) is 28.2 Å². The third-order valence-electron chi connectivity index (χ3n) is 4.02. The summed E-state index contributed by atoms with van der Waals surface area (Å²) in [4.78, 5) is 20.7. The van der Waals surface area contributed by atoms with Crippen LogP contribution in [0.2, 0.25) is 0 Å². The highest BCUT2D eigenvalue weighted by molar-refractivity contribution is 5.83. The first-order chi connectivity index (χ1) is 10.4. The second kappa shape index (κ2) is 5.53. The number of amides is 1. The average molecular weight is 299 g/mol. The van der Waals surface area contributed by atoms with Gasteiger partial charge in [-0.1, -0.05) is 0 Å². The van der Waals surface area contributed by atoms with Gasteiger partial charge in [-0.3, -0.25) is 10.1 Å². The SMILES string of the molecule is Cc1cc2nc(NC3NC(=O)CC(C)N3)nc(C)c2cc1C. The van der Waals surface area contributed by atoms with Gasteiger partial charge < -0.3 is 10.6 Å². The van der Waals surface area contributed by atoms with E-state index < -0.39 is 0 Å². The molecule has 0 radical (unpaired) electrons. The fourth-order valence-electron chi connectivity index (χ4n) is 2.70. The summed E-state index contributed by atoms with van der Waals surface area (Å²) in [5.74, 6) is 0.535. The van der Waals surface area contributed by atoms with E-state index in [1.54, 1.807) is 0 Å². The van der Waals surface area contributed by atoms with Crippen LogP contribution in [0.3, 0.4) is 0 Å². The van der Waals surface area contributed by atoms with Crippen LogP contribution in [0.5, 0.6) is 0 Å². The lowest BCUT2D eigenvalue weighted by Gasteiger charge is -2.30. The van der Waals surface area contributed by atoms with Crippen LogP contribution >= 0.6 is 0 Å². The number of fused-ring (bicyclic) bond motifs is 1. The van der Waals surface area contributed by atoms with E-state index in [1.807, 2.05) is 13.8 Å². The third-order valence-corrected chi connectivity index (χ3v) is 4.02. The van der Waals surface area contributed by atoms with Crippen molar-refractivity contribution in [2.75, 3.05) is 5.32 Å². The number of carbonyl (C=O) groups excluding carboxylic acids is 1. The monoisotopic (exact) mass is 299 g/mol. The smallest absolute Gasteiger partial charge is 0.226 e. The van der Waals surface area contributed by atoms with Gasteiger partial charge in [0.05, 0.1) is 11.2 Å². The van der Waals surface area contributed by atoms with Gasteiger partial charge in [-0.2, -0.15) is 0 Å². The van der Waals surface area contributed by atoms with Crippen LogP contribution in [0.1, 0.15) is 30.2 Å². The van der Waals surface area contributed by atoms with E-state index in [0.29, 0.717) is 12.4 Å². The molecule has 2 aromatic rings. The zero-order valence-corrected chi connectivity index (χ0v) is 13.3. The normalized spacial score (nSPS) is 21.7. The Hall–Kier alpha value is -2.21. The van der Waals surface area contributed by atoms with Gasteiger partial charge in [0.15, 0.2) is 6.29 Å². The van der Waals surface area contributed by atoms with Crippen LogP contribution in [0.4, 0.5) is 5.95 Å². The first-order valence-corrected chi connectivity index (χ1v) is 7.50. The molecule has 0 spiro atoms. The van der Waals surface area contributed by atoms with Crippen molar-refractivity contribution in [2.45, 2.75) is 46.4 Å². The Morgan fingerprint density at radius 2 is 1.91 bits per heavy atom. The predicted molar refractivity (Wildman–Crippen MR) is 86.5 cm³/mol. The molecule has 2 atom stereocenters. The number of benzene rings is 1. The number of anilines is 1. The topological polar surface area (TPSA) is 78.9 Å². The highest BCUT2D eigenvalue weighted by atomic mass is 16.2. The first-order valence-electron chi connectivity index (χ1n) is 7.50. The molecule has 22 heavy (non-hydrogen) atoms. The molecule has 1 aliphatic rings. The summed E-state index contributed by atoms with van der Waals surface area (Å²) < 4.78 is 0. The van der Waals surface area contributed by atoms with Crippen molar-refractivity contribution in [2.24, 2.45) is 0 Å². The minimum Gasteiger partial charge on any atom is -0.323 e. The Morgan fingerprint density at radius 1 is 1.18 bits per heavy atom. The van der Waals surface area contributed by atoms with Gasteiger partial charge in [0.1, 0.15) is 0 Å². The highest BCUT2D eigenvalue weighted by Gasteiger charge is 2.23. The van der Waals surface area contributed by atoms with Crippen LogP contribution in [0.25, 0.3) is 10.9 Å². The maximum Gasteiger partial charge on any atom is 0.226 e. The zero-order chi connectivity index (χ0) is 15.9. The number of aryl methyl sites for hydroxylation is 3. The molecular weight excluding hydrogens is 278 g/mol.